The van der Waals surface area contributed by atoms with Crippen LogP contribution >= 0.6 is 0 Å². The molecule has 0 aliphatic carbocycles. The monoisotopic (exact) mass is 443 g/mol. The van der Waals surface area contributed by atoms with Crippen molar-refractivity contribution >= 4 is 18.0 Å². The standard InChI is InChI=1S/C24H33N3O5/c1-17(2)14-15-20(28)26(27-21(29)16-25-23(27)31)19(22(30)32-24(3,4)5)13-9-12-18-10-7-6-8-11-18/h6-12,16-17,19,29H,13-15H2,1-5H3,(H,25,31)/t19-/m0/s1. The highest BCUT2D eigenvalue weighted by molar-refractivity contribution is 5.93. The van der Waals surface area contributed by atoms with Gasteiger partial charge in [0, 0.05) is 6.42 Å². The van der Waals surface area contributed by atoms with Crippen molar-refractivity contribution in [3.8, 4) is 5.88 Å². The van der Waals surface area contributed by atoms with Crippen LogP contribution < -0.4 is 10.7 Å². The van der Waals surface area contributed by atoms with Gasteiger partial charge in [-0.1, -0.05) is 56.3 Å². The molecule has 1 aromatic heterocycles. The van der Waals surface area contributed by atoms with Gasteiger partial charge in [0.05, 0.1) is 6.20 Å². The number of imidazole rings is 1. The smallest absolute Gasteiger partial charge is 0.347 e. The van der Waals surface area contributed by atoms with E-state index < -0.39 is 35.1 Å². The van der Waals surface area contributed by atoms with E-state index in [-0.39, 0.29) is 18.8 Å². The third-order valence-corrected chi connectivity index (χ3v) is 4.58. The van der Waals surface area contributed by atoms with Gasteiger partial charge in [0.15, 0.2) is 6.04 Å². The van der Waals surface area contributed by atoms with Gasteiger partial charge in [0.25, 0.3) is 0 Å². The van der Waals surface area contributed by atoms with Crippen LogP contribution in [0.2, 0.25) is 0 Å². The summed E-state index contributed by atoms with van der Waals surface area (Å²) in [6.07, 6.45) is 5.42. The van der Waals surface area contributed by atoms with E-state index in [9.17, 15) is 19.5 Å². The van der Waals surface area contributed by atoms with Crippen LogP contribution in [-0.4, -0.2) is 38.3 Å². The van der Waals surface area contributed by atoms with Gasteiger partial charge in [-0.15, -0.1) is 0 Å². The third kappa shape index (κ3) is 7.14. The summed E-state index contributed by atoms with van der Waals surface area (Å²) in [4.78, 5) is 41.1. The van der Waals surface area contributed by atoms with Crippen molar-refractivity contribution in [1.82, 2.24) is 9.66 Å². The number of hydrogen-bond acceptors (Lipinski definition) is 5. The number of amides is 1. The Morgan fingerprint density at radius 3 is 2.41 bits per heavy atom. The number of carbonyl (C=O) groups is 2. The van der Waals surface area contributed by atoms with Crippen LogP contribution in [0.1, 0.15) is 59.4 Å². The lowest BCUT2D eigenvalue weighted by Crippen LogP contribution is -2.56. The number of nitrogens with one attached hydrogen (secondary N) is 1. The summed E-state index contributed by atoms with van der Waals surface area (Å²) >= 11 is 0. The van der Waals surface area contributed by atoms with Crippen molar-refractivity contribution in [2.24, 2.45) is 5.92 Å². The molecule has 0 aliphatic heterocycles. The van der Waals surface area contributed by atoms with Crippen molar-refractivity contribution in [1.29, 1.82) is 0 Å². The molecule has 1 atom stereocenters. The first kappa shape index (κ1) is 25.0. The van der Waals surface area contributed by atoms with Gasteiger partial charge in [0.1, 0.15) is 5.60 Å². The highest BCUT2D eigenvalue weighted by Gasteiger charge is 2.36. The molecule has 0 bridgehead atoms. The Balaban J connectivity index is 2.46. The minimum Gasteiger partial charge on any atom is -0.492 e. The first-order valence-electron chi connectivity index (χ1n) is 10.8. The molecule has 0 radical (unpaired) electrons. The number of esters is 1. The predicted octanol–water partition coefficient (Wildman–Crippen LogP) is 3.60. The second-order valence-electron chi connectivity index (χ2n) is 9.03. The normalized spacial score (nSPS) is 12.8. The topological polar surface area (TPSA) is 105 Å². The number of H-pyrrole nitrogens is 1. The Morgan fingerprint density at radius 1 is 1.22 bits per heavy atom. The Morgan fingerprint density at radius 2 is 1.88 bits per heavy atom. The number of ether oxygens (including phenoxy) is 1. The molecule has 2 N–H and O–H groups in total. The number of aromatic hydroxyl groups is 1. The Kier molecular flexibility index (Phi) is 8.46. The molecular formula is C24H33N3O5. The molecule has 0 fully saturated rings. The van der Waals surface area contributed by atoms with Gasteiger partial charge in [0.2, 0.25) is 11.8 Å². The largest absolute Gasteiger partial charge is 0.492 e. The number of nitrogens with zero attached hydrogens (tertiary/aromatic N) is 2. The minimum atomic E-state index is -1.15. The fraction of sp³-hybridized carbons (Fsp3) is 0.458. The Labute approximate surface area is 188 Å². The summed E-state index contributed by atoms with van der Waals surface area (Å²) in [7, 11) is 0. The fourth-order valence-electron chi connectivity index (χ4n) is 3.08. The van der Waals surface area contributed by atoms with E-state index in [1.165, 1.54) is 0 Å². The van der Waals surface area contributed by atoms with Gasteiger partial charge in [-0.05, 0) is 45.1 Å². The Hall–Kier alpha value is -3.29. The summed E-state index contributed by atoms with van der Waals surface area (Å²) in [6, 6.07) is 8.36. The maximum atomic E-state index is 13.2. The van der Waals surface area contributed by atoms with Gasteiger partial charge in [-0.2, -0.15) is 4.68 Å². The van der Waals surface area contributed by atoms with Crippen LogP contribution in [-0.2, 0) is 14.3 Å². The molecule has 0 spiro atoms. The minimum absolute atomic E-state index is 0.0916. The molecule has 1 amide bonds. The van der Waals surface area contributed by atoms with E-state index >= 15 is 0 Å². The molecule has 32 heavy (non-hydrogen) atoms. The van der Waals surface area contributed by atoms with Crippen LogP contribution in [0, 0.1) is 5.92 Å². The number of hydrogen-bond donors (Lipinski definition) is 2. The molecule has 174 valence electrons. The number of benzene rings is 1. The molecule has 0 saturated carbocycles. The molecule has 1 aromatic carbocycles. The summed E-state index contributed by atoms with van der Waals surface area (Å²) in [5, 5.41) is 11.3. The second-order valence-corrected chi connectivity index (χ2v) is 9.03. The predicted molar refractivity (Wildman–Crippen MR) is 124 cm³/mol. The van der Waals surface area contributed by atoms with Crippen molar-refractivity contribution < 1.29 is 19.4 Å². The van der Waals surface area contributed by atoms with E-state index in [1.54, 1.807) is 26.8 Å². The van der Waals surface area contributed by atoms with E-state index in [1.807, 2.05) is 50.3 Å². The van der Waals surface area contributed by atoms with Crippen molar-refractivity contribution in [3.63, 3.8) is 0 Å². The maximum Gasteiger partial charge on any atom is 0.347 e. The molecule has 0 saturated heterocycles. The number of aromatic amines is 1. The zero-order valence-electron chi connectivity index (χ0n) is 19.4. The molecule has 0 aliphatic rings. The van der Waals surface area contributed by atoms with Crippen molar-refractivity contribution in [3.05, 3.63) is 58.7 Å². The SMILES string of the molecule is CC(C)CCC(=O)N([C@@H](CC=Cc1ccccc1)C(=O)OC(C)(C)C)n1c(O)c[nH]c1=O. The van der Waals surface area contributed by atoms with E-state index in [4.69, 9.17) is 4.74 Å². The van der Waals surface area contributed by atoms with Crippen LogP contribution in [0.15, 0.2) is 47.4 Å². The summed E-state index contributed by atoms with van der Waals surface area (Å²) in [5.74, 6) is -1.34. The number of aromatic nitrogens is 2. The quantitative estimate of drug-likeness (QED) is 0.576. The maximum absolute atomic E-state index is 13.2. The fourth-order valence-corrected chi connectivity index (χ4v) is 3.08. The van der Waals surface area contributed by atoms with E-state index in [0.717, 1.165) is 21.4 Å². The molecule has 8 nitrogen and oxygen atoms in total. The zero-order chi connectivity index (χ0) is 23.9. The third-order valence-electron chi connectivity index (χ3n) is 4.58. The number of carbonyl (C=O) groups excluding carboxylic acids is 2. The van der Waals surface area contributed by atoms with Crippen LogP contribution in [0.5, 0.6) is 5.88 Å². The first-order valence-corrected chi connectivity index (χ1v) is 10.8. The average Bonchev–Trinajstić information content (AvgIpc) is 3.03. The van der Waals surface area contributed by atoms with Gasteiger partial charge < -0.3 is 14.8 Å². The lowest BCUT2D eigenvalue weighted by molar-refractivity contribution is -0.158. The summed E-state index contributed by atoms with van der Waals surface area (Å²) in [5.41, 5.74) is -0.591. The second kappa shape index (κ2) is 10.8. The van der Waals surface area contributed by atoms with E-state index in [2.05, 4.69) is 4.98 Å². The van der Waals surface area contributed by atoms with Crippen molar-refractivity contribution in [2.75, 3.05) is 5.01 Å². The number of rotatable bonds is 9. The van der Waals surface area contributed by atoms with E-state index in [0.29, 0.717) is 6.42 Å². The van der Waals surface area contributed by atoms with Crippen LogP contribution in [0.25, 0.3) is 6.08 Å². The van der Waals surface area contributed by atoms with Gasteiger partial charge in [-0.3, -0.25) is 4.79 Å². The molecule has 1 heterocycles. The Bertz CT molecular complexity index is 983. The highest BCUT2D eigenvalue weighted by Crippen LogP contribution is 2.19. The summed E-state index contributed by atoms with van der Waals surface area (Å²) in [6.45, 7) is 9.14. The molecule has 0 unspecified atom stereocenters. The van der Waals surface area contributed by atoms with Crippen molar-refractivity contribution in [2.45, 2.75) is 65.5 Å². The lowest BCUT2D eigenvalue weighted by atomic mass is 10.1. The van der Waals surface area contributed by atoms with Crippen LogP contribution in [0.4, 0.5) is 0 Å². The average molecular weight is 444 g/mol. The molecule has 2 aromatic rings. The molecular weight excluding hydrogens is 410 g/mol. The lowest BCUT2D eigenvalue weighted by Gasteiger charge is -2.32. The van der Waals surface area contributed by atoms with Gasteiger partial charge in [-0.25, -0.2) is 14.6 Å². The summed E-state index contributed by atoms with van der Waals surface area (Å²) < 4.78 is 6.36. The first-order chi connectivity index (χ1) is 15.0. The molecule has 8 heteroatoms. The highest BCUT2D eigenvalue weighted by atomic mass is 16.6. The van der Waals surface area contributed by atoms with Crippen LogP contribution in [0.3, 0.4) is 0 Å². The molecule has 2 rings (SSSR count). The van der Waals surface area contributed by atoms with Gasteiger partial charge >= 0.3 is 11.7 Å². The zero-order valence-corrected chi connectivity index (χ0v) is 19.4.